The normalized spacial score (nSPS) is 10.9. The molecule has 0 aromatic carbocycles. The molecule has 0 atom stereocenters. The lowest BCUT2D eigenvalue weighted by molar-refractivity contribution is 0.321. The van der Waals surface area contributed by atoms with Gasteiger partial charge < -0.3 is 4.74 Å². The topological polar surface area (TPSA) is 27.1 Å². The summed E-state index contributed by atoms with van der Waals surface area (Å²) < 4.78 is 7.53. The molecule has 4 heteroatoms. The zero-order valence-electron chi connectivity index (χ0n) is 9.59. The van der Waals surface area contributed by atoms with Crippen molar-refractivity contribution >= 4 is 11.3 Å². The third kappa shape index (κ3) is 2.85. The van der Waals surface area contributed by atoms with Crippen molar-refractivity contribution in [3.63, 3.8) is 0 Å². The SMILES string of the molecule is CC(C)n1cc(OCCc2ccsc2)cn1. The van der Waals surface area contributed by atoms with Crippen molar-refractivity contribution in [2.24, 2.45) is 0 Å². The molecular formula is C12H16N2OS. The first-order valence-electron chi connectivity index (χ1n) is 5.44. The van der Waals surface area contributed by atoms with Crippen LogP contribution in [0.25, 0.3) is 0 Å². The first-order chi connectivity index (χ1) is 7.75. The van der Waals surface area contributed by atoms with E-state index >= 15 is 0 Å². The van der Waals surface area contributed by atoms with Gasteiger partial charge >= 0.3 is 0 Å². The van der Waals surface area contributed by atoms with Crippen LogP contribution in [0, 0.1) is 0 Å². The molecule has 0 fully saturated rings. The number of nitrogens with zero attached hydrogens (tertiary/aromatic N) is 2. The van der Waals surface area contributed by atoms with Gasteiger partial charge in [0, 0.05) is 12.5 Å². The van der Waals surface area contributed by atoms with Crippen LogP contribution in [0.15, 0.2) is 29.2 Å². The Bertz CT molecular complexity index is 420. The van der Waals surface area contributed by atoms with Gasteiger partial charge in [0.15, 0.2) is 5.75 Å². The number of hydrogen-bond donors (Lipinski definition) is 0. The molecule has 0 radical (unpaired) electrons. The summed E-state index contributed by atoms with van der Waals surface area (Å²) in [5.41, 5.74) is 1.33. The second kappa shape index (κ2) is 5.16. The van der Waals surface area contributed by atoms with Crippen LogP contribution in [0.2, 0.25) is 0 Å². The first-order valence-corrected chi connectivity index (χ1v) is 6.38. The lowest BCUT2D eigenvalue weighted by Gasteiger charge is -2.04. The fourth-order valence-corrected chi connectivity index (χ4v) is 2.10. The molecular weight excluding hydrogens is 220 g/mol. The smallest absolute Gasteiger partial charge is 0.157 e. The summed E-state index contributed by atoms with van der Waals surface area (Å²) in [4.78, 5) is 0. The van der Waals surface area contributed by atoms with E-state index in [0.29, 0.717) is 12.6 Å². The number of ether oxygens (including phenoxy) is 1. The van der Waals surface area contributed by atoms with E-state index in [-0.39, 0.29) is 0 Å². The van der Waals surface area contributed by atoms with Crippen molar-refractivity contribution in [3.05, 3.63) is 34.8 Å². The number of hydrogen-bond acceptors (Lipinski definition) is 3. The van der Waals surface area contributed by atoms with Crippen molar-refractivity contribution in [2.75, 3.05) is 6.61 Å². The molecule has 3 nitrogen and oxygen atoms in total. The highest BCUT2D eigenvalue weighted by Crippen LogP contribution is 2.13. The summed E-state index contributed by atoms with van der Waals surface area (Å²) in [5, 5.41) is 8.47. The van der Waals surface area contributed by atoms with Gasteiger partial charge in [-0.1, -0.05) is 0 Å². The van der Waals surface area contributed by atoms with Gasteiger partial charge in [-0.25, -0.2) is 0 Å². The Hall–Kier alpha value is -1.29. The Morgan fingerprint density at radius 3 is 3.00 bits per heavy atom. The molecule has 0 aliphatic carbocycles. The monoisotopic (exact) mass is 236 g/mol. The van der Waals surface area contributed by atoms with E-state index in [0.717, 1.165) is 12.2 Å². The van der Waals surface area contributed by atoms with E-state index in [9.17, 15) is 0 Å². The first kappa shape index (κ1) is 11.2. The number of aromatic nitrogens is 2. The van der Waals surface area contributed by atoms with E-state index in [1.54, 1.807) is 17.5 Å². The van der Waals surface area contributed by atoms with Crippen LogP contribution in [0.3, 0.4) is 0 Å². The summed E-state index contributed by atoms with van der Waals surface area (Å²) in [6, 6.07) is 2.51. The minimum atomic E-state index is 0.384. The molecule has 0 aliphatic rings. The second-order valence-corrected chi connectivity index (χ2v) is 4.76. The molecule has 0 bridgehead atoms. The molecule has 2 aromatic heterocycles. The average molecular weight is 236 g/mol. The third-order valence-corrected chi connectivity index (χ3v) is 3.08. The van der Waals surface area contributed by atoms with E-state index in [1.807, 2.05) is 10.9 Å². The highest BCUT2D eigenvalue weighted by atomic mass is 32.1. The summed E-state index contributed by atoms with van der Waals surface area (Å²) in [5.74, 6) is 0.851. The Morgan fingerprint density at radius 2 is 2.38 bits per heavy atom. The number of rotatable bonds is 5. The van der Waals surface area contributed by atoms with E-state index < -0.39 is 0 Å². The maximum Gasteiger partial charge on any atom is 0.157 e. The van der Waals surface area contributed by atoms with Crippen molar-refractivity contribution in [2.45, 2.75) is 26.3 Å². The predicted octanol–water partition coefficient (Wildman–Crippen LogP) is 3.15. The Balaban J connectivity index is 1.81. The molecule has 0 spiro atoms. The molecule has 16 heavy (non-hydrogen) atoms. The molecule has 0 N–H and O–H groups in total. The summed E-state index contributed by atoms with van der Waals surface area (Å²) in [6.45, 7) is 4.91. The molecule has 0 unspecified atom stereocenters. The summed E-state index contributed by atoms with van der Waals surface area (Å²) in [6.07, 6.45) is 4.67. The number of thiophene rings is 1. The van der Waals surface area contributed by atoms with Crippen LogP contribution < -0.4 is 4.74 Å². The van der Waals surface area contributed by atoms with Crippen LogP contribution in [-0.4, -0.2) is 16.4 Å². The molecule has 0 saturated carbocycles. The predicted molar refractivity (Wildman–Crippen MR) is 66.1 cm³/mol. The van der Waals surface area contributed by atoms with Gasteiger partial charge in [-0.15, -0.1) is 0 Å². The van der Waals surface area contributed by atoms with Crippen LogP contribution >= 0.6 is 11.3 Å². The zero-order valence-corrected chi connectivity index (χ0v) is 10.4. The largest absolute Gasteiger partial charge is 0.490 e. The van der Waals surface area contributed by atoms with Gasteiger partial charge in [0.1, 0.15) is 0 Å². The van der Waals surface area contributed by atoms with Gasteiger partial charge in [-0.3, -0.25) is 4.68 Å². The Labute approximate surface area is 99.7 Å². The highest BCUT2D eigenvalue weighted by molar-refractivity contribution is 7.07. The minimum absolute atomic E-state index is 0.384. The van der Waals surface area contributed by atoms with Crippen molar-refractivity contribution in [3.8, 4) is 5.75 Å². The van der Waals surface area contributed by atoms with Gasteiger partial charge in [0.05, 0.1) is 19.0 Å². The Morgan fingerprint density at radius 1 is 1.50 bits per heavy atom. The van der Waals surface area contributed by atoms with E-state index in [1.165, 1.54) is 5.56 Å². The minimum Gasteiger partial charge on any atom is -0.490 e. The molecule has 2 heterocycles. The molecule has 0 amide bonds. The van der Waals surface area contributed by atoms with Gasteiger partial charge in [-0.2, -0.15) is 16.4 Å². The highest BCUT2D eigenvalue weighted by Gasteiger charge is 2.02. The quantitative estimate of drug-likeness (QED) is 0.797. The van der Waals surface area contributed by atoms with E-state index in [4.69, 9.17) is 4.74 Å². The lowest BCUT2D eigenvalue weighted by Crippen LogP contribution is -2.01. The second-order valence-electron chi connectivity index (χ2n) is 3.98. The van der Waals surface area contributed by atoms with Crippen LogP contribution in [-0.2, 0) is 6.42 Å². The molecule has 2 rings (SSSR count). The zero-order chi connectivity index (χ0) is 11.4. The fraction of sp³-hybridized carbons (Fsp3) is 0.417. The van der Waals surface area contributed by atoms with Crippen LogP contribution in [0.4, 0.5) is 0 Å². The summed E-state index contributed by atoms with van der Waals surface area (Å²) in [7, 11) is 0. The molecule has 0 saturated heterocycles. The van der Waals surface area contributed by atoms with Gasteiger partial charge in [0.25, 0.3) is 0 Å². The van der Waals surface area contributed by atoms with E-state index in [2.05, 4.69) is 35.8 Å². The van der Waals surface area contributed by atoms with Gasteiger partial charge in [0.2, 0.25) is 0 Å². The fourth-order valence-electron chi connectivity index (χ4n) is 1.40. The lowest BCUT2D eigenvalue weighted by atomic mass is 10.3. The van der Waals surface area contributed by atoms with Crippen LogP contribution in [0.1, 0.15) is 25.5 Å². The maximum atomic E-state index is 5.63. The molecule has 0 aliphatic heterocycles. The van der Waals surface area contributed by atoms with Crippen LogP contribution in [0.5, 0.6) is 5.75 Å². The molecule has 2 aromatic rings. The molecule has 86 valence electrons. The Kier molecular flexibility index (Phi) is 3.62. The van der Waals surface area contributed by atoms with Crippen molar-refractivity contribution < 1.29 is 4.74 Å². The standard InChI is InChI=1S/C12H16N2OS/c1-10(2)14-8-12(7-13-14)15-5-3-11-4-6-16-9-11/h4,6-10H,3,5H2,1-2H3. The third-order valence-electron chi connectivity index (χ3n) is 2.35. The van der Waals surface area contributed by atoms with Crippen molar-refractivity contribution in [1.29, 1.82) is 0 Å². The summed E-state index contributed by atoms with van der Waals surface area (Å²) >= 11 is 1.72. The average Bonchev–Trinajstić information content (AvgIpc) is 2.87. The van der Waals surface area contributed by atoms with Crippen molar-refractivity contribution in [1.82, 2.24) is 9.78 Å². The maximum absolute atomic E-state index is 5.63. The van der Waals surface area contributed by atoms with Gasteiger partial charge in [-0.05, 0) is 36.2 Å².